The lowest BCUT2D eigenvalue weighted by molar-refractivity contribution is -0.137. The van der Waals surface area contributed by atoms with E-state index in [2.05, 4.69) is 5.32 Å². The van der Waals surface area contributed by atoms with E-state index in [1.54, 1.807) is 0 Å². The van der Waals surface area contributed by atoms with E-state index in [1.807, 2.05) is 0 Å². The summed E-state index contributed by atoms with van der Waals surface area (Å²) in [5.74, 6) is -0.539. The van der Waals surface area contributed by atoms with Gasteiger partial charge < -0.3 is 5.32 Å². The minimum Gasteiger partial charge on any atom is -0.326 e. The SMILES string of the molecule is CC(=O)Nc1cccc(C(F)(F)F)c1C=O. The van der Waals surface area contributed by atoms with Gasteiger partial charge in [-0.05, 0) is 12.1 Å². The number of carbonyl (C=O) groups excluding carboxylic acids is 2. The molecule has 0 saturated carbocycles. The molecule has 0 saturated heterocycles. The molecule has 3 nitrogen and oxygen atoms in total. The number of hydrogen-bond acceptors (Lipinski definition) is 2. The Labute approximate surface area is 89.3 Å². The third-order valence-electron chi connectivity index (χ3n) is 1.84. The summed E-state index contributed by atoms with van der Waals surface area (Å²) in [7, 11) is 0. The Balaban J connectivity index is 3.32. The zero-order chi connectivity index (χ0) is 12.3. The topological polar surface area (TPSA) is 46.2 Å². The standard InChI is InChI=1S/C10H8F3NO2/c1-6(16)14-9-4-2-3-8(7(9)5-15)10(11,12)13/h2-5H,1H3,(H,14,16). The molecule has 1 aromatic rings. The number of anilines is 1. The van der Waals surface area contributed by atoms with E-state index in [1.165, 1.54) is 6.07 Å². The zero-order valence-corrected chi connectivity index (χ0v) is 8.26. The van der Waals surface area contributed by atoms with Crippen LogP contribution in [0.3, 0.4) is 0 Å². The second-order valence-electron chi connectivity index (χ2n) is 3.06. The first-order valence-electron chi connectivity index (χ1n) is 4.29. The highest BCUT2D eigenvalue weighted by Gasteiger charge is 2.34. The van der Waals surface area contributed by atoms with Crippen molar-refractivity contribution >= 4 is 17.9 Å². The van der Waals surface area contributed by atoms with Crippen molar-refractivity contribution in [2.24, 2.45) is 0 Å². The zero-order valence-electron chi connectivity index (χ0n) is 8.26. The first-order chi connectivity index (χ1) is 7.36. The molecule has 0 atom stereocenters. The monoisotopic (exact) mass is 231 g/mol. The highest BCUT2D eigenvalue weighted by molar-refractivity contribution is 5.96. The van der Waals surface area contributed by atoms with Gasteiger partial charge in [0.1, 0.15) is 0 Å². The fourth-order valence-corrected chi connectivity index (χ4v) is 1.24. The van der Waals surface area contributed by atoms with Gasteiger partial charge in [-0.2, -0.15) is 13.2 Å². The summed E-state index contributed by atoms with van der Waals surface area (Å²) in [6.07, 6.45) is -4.54. The number of benzene rings is 1. The number of aldehydes is 1. The molecule has 0 fully saturated rings. The van der Waals surface area contributed by atoms with Gasteiger partial charge >= 0.3 is 6.18 Å². The molecule has 1 amide bonds. The summed E-state index contributed by atoms with van der Waals surface area (Å²) < 4.78 is 37.4. The van der Waals surface area contributed by atoms with Crippen molar-refractivity contribution in [1.29, 1.82) is 0 Å². The van der Waals surface area contributed by atoms with E-state index >= 15 is 0 Å². The van der Waals surface area contributed by atoms with E-state index in [4.69, 9.17) is 0 Å². The molecule has 0 aliphatic heterocycles. The molecule has 0 spiro atoms. The molecule has 1 rings (SSSR count). The summed E-state index contributed by atoms with van der Waals surface area (Å²) in [5, 5.41) is 2.17. The molecule has 16 heavy (non-hydrogen) atoms. The van der Waals surface area contributed by atoms with Crippen molar-refractivity contribution in [1.82, 2.24) is 0 Å². The van der Waals surface area contributed by atoms with Crippen molar-refractivity contribution in [3.63, 3.8) is 0 Å². The van der Waals surface area contributed by atoms with Gasteiger partial charge in [0.2, 0.25) is 5.91 Å². The molecule has 0 bridgehead atoms. The van der Waals surface area contributed by atoms with E-state index in [-0.39, 0.29) is 12.0 Å². The maximum atomic E-state index is 12.5. The average Bonchev–Trinajstić information content (AvgIpc) is 2.15. The summed E-state index contributed by atoms with van der Waals surface area (Å²) in [5.41, 5.74) is -1.77. The first kappa shape index (κ1) is 12.2. The third-order valence-corrected chi connectivity index (χ3v) is 1.84. The number of amides is 1. The molecular formula is C10H8F3NO2. The van der Waals surface area contributed by atoms with E-state index in [0.717, 1.165) is 19.1 Å². The maximum Gasteiger partial charge on any atom is 0.417 e. The molecule has 0 radical (unpaired) electrons. The van der Waals surface area contributed by atoms with Crippen molar-refractivity contribution in [2.45, 2.75) is 13.1 Å². The molecule has 0 aliphatic rings. The number of rotatable bonds is 2. The third kappa shape index (κ3) is 2.59. The van der Waals surface area contributed by atoms with Gasteiger partial charge in [0.25, 0.3) is 0 Å². The van der Waals surface area contributed by atoms with Gasteiger partial charge in [0.15, 0.2) is 6.29 Å². The molecule has 0 aliphatic carbocycles. The Morgan fingerprint density at radius 1 is 1.38 bits per heavy atom. The number of alkyl halides is 3. The molecule has 86 valence electrons. The van der Waals surface area contributed by atoms with Crippen LogP contribution < -0.4 is 5.32 Å². The molecule has 0 unspecified atom stereocenters. The van der Waals surface area contributed by atoms with Crippen molar-refractivity contribution in [3.05, 3.63) is 29.3 Å². The highest BCUT2D eigenvalue weighted by atomic mass is 19.4. The minimum absolute atomic E-state index is 0.0775. The summed E-state index contributed by atoms with van der Waals surface area (Å²) in [6, 6.07) is 3.15. The largest absolute Gasteiger partial charge is 0.417 e. The smallest absolute Gasteiger partial charge is 0.326 e. The number of hydrogen-bond donors (Lipinski definition) is 1. The fourth-order valence-electron chi connectivity index (χ4n) is 1.24. The van der Waals surface area contributed by atoms with Crippen LogP contribution in [0.5, 0.6) is 0 Å². The van der Waals surface area contributed by atoms with Crippen LogP contribution in [0, 0.1) is 0 Å². The van der Waals surface area contributed by atoms with Crippen LogP contribution in [-0.2, 0) is 11.0 Å². The van der Waals surface area contributed by atoms with Crippen molar-refractivity contribution in [2.75, 3.05) is 5.32 Å². The lowest BCUT2D eigenvalue weighted by Crippen LogP contribution is -2.13. The lowest BCUT2D eigenvalue weighted by atomic mass is 10.1. The summed E-state index contributed by atoms with van der Waals surface area (Å²) in [6.45, 7) is 1.15. The molecule has 0 aromatic heterocycles. The van der Waals surface area contributed by atoms with Gasteiger partial charge in [-0.15, -0.1) is 0 Å². The maximum absolute atomic E-state index is 12.5. The Morgan fingerprint density at radius 3 is 2.44 bits per heavy atom. The Hall–Kier alpha value is -1.85. The van der Waals surface area contributed by atoms with E-state index < -0.39 is 23.2 Å². The second kappa shape index (κ2) is 4.34. The quantitative estimate of drug-likeness (QED) is 0.795. The fraction of sp³-hybridized carbons (Fsp3) is 0.200. The average molecular weight is 231 g/mol. The lowest BCUT2D eigenvalue weighted by Gasteiger charge is -2.12. The number of halogens is 3. The molecule has 6 heteroatoms. The van der Waals surface area contributed by atoms with Gasteiger partial charge in [0, 0.05) is 6.92 Å². The molecule has 0 heterocycles. The predicted molar refractivity (Wildman–Crippen MR) is 51.1 cm³/mol. The summed E-state index contributed by atoms with van der Waals surface area (Å²) in [4.78, 5) is 21.4. The van der Waals surface area contributed by atoms with Gasteiger partial charge in [0.05, 0.1) is 16.8 Å². The predicted octanol–water partition coefficient (Wildman–Crippen LogP) is 2.48. The Kier molecular flexibility index (Phi) is 3.31. The van der Waals surface area contributed by atoms with Gasteiger partial charge in [-0.3, -0.25) is 9.59 Å². The second-order valence-corrected chi connectivity index (χ2v) is 3.06. The van der Waals surface area contributed by atoms with E-state index in [9.17, 15) is 22.8 Å². The highest BCUT2D eigenvalue weighted by Crippen LogP contribution is 2.34. The first-order valence-corrected chi connectivity index (χ1v) is 4.29. The number of nitrogens with one attached hydrogen (secondary N) is 1. The molecule has 1 N–H and O–H groups in total. The van der Waals surface area contributed by atoms with Crippen LogP contribution in [0.25, 0.3) is 0 Å². The van der Waals surface area contributed by atoms with Crippen LogP contribution in [0.4, 0.5) is 18.9 Å². The van der Waals surface area contributed by atoms with Gasteiger partial charge in [-0.25, -0.2) is 0 Å². The van der Waals surface area contributed by atoms with Crippen LogP contribution in [0.1, 0.15) is 22.8 Å². The molecular weight excluding hydrogens is 223 g/mol. The molecule has 1 aromatic carbocycles. The van der Waals surface area contributed by atoms with Crippen molar-refractivity contribution < 1.29 is 22.8 Å². The minimum atomic E-state index is -4.62. The normalized spacial score (nSPS) is 11.0. The van der Waals surface area contributed by atoms with Gasteiger partial charge in [-0.1, -0.05) is 6.07 Å². The van der Waals surface area contributed by atoms with Crippen LogP contribution in [-0.4, -0.2) is 12.2 Å². The number of carbonyl (C=O) groups is 2. The van der Waals surface area contributed by atoms with Crippen molar-refractivity contribution in [3.8, 4) is 0 Å². The van der Waals surface area contributed by atoms with Crippen LogP contribution >= 0.6 is 0 Å². The van der Waals surface area contributed by atoms with E-state index in [0.29, 0.717) is 0 Å². The van der Waals surface area contributed by atoms with Crippen LogP contribution in [0.15, 0.2) is 18.2 Å². The van der Waals surface area contributed by atoms with Crippen LogP contribution in [0.2, 0.25) is 0 Å². The Bertz CT molecular complexity index is 427. The summed E-state index contributed by atoms with van der Waals surface area (Å²) >= 11 is 0. The Morgan fingerprint density at radius 2 is 2.00 bits per heavy atom.